The number of aromatic nitrogens is 1. The fourth-order valence-electron chi connectivity index (χ4n) is 3.98. The first-order chi connectivity index (χ1) is 15.2. The maximum absolute atomic E-state index is 13.5. The van der Waals surface area contributed by atoms with E-state index in [1.165, 1.54) is 13.2 Å². The maximum Gasteiger partial charge on any atom is 0.271 e. The van der Waals surface area contributed by atoms with Gasteiger partial charge in [0.2, 0.25) is 0 Å². The van der Waals surface area contributed by atoms with Crippen molar-refractivity contribution in [1.29, 1.82) is 0 Å². The predicted molar refractivity (Wildman–Crippen MR) is 121 cm³/mol. The van der Waals surface area contributed by atoms with Crippen LogP contribution in [-0.4, -0.2) is 33.0 Å². The fourth-order valence-corrected chi connectivity index (χ4v) is 5.22. The van der Waals surface area contributed by atoms with Gasteiger partial charge in [-0.25, -0.2) is 13.1 Å². The third-order valence-electron chi connectivity index (χ3n) is 5.53. The van der Waals surface area contributed by atoms with Crippen LogP contribution in [0.25, 0.3) is 10.9 Å². The number of hydrogen-bond donors (Lipinski definition) is 1. The van der Waals surface area contributed by atoms with Gasteiger partial charge in [-0.1, -0.05) is 24.3 Å². The molecule has 0 aliphatic carbocycles. The molecule has 2 aromatic carbocycles. The van der Waals surface area contributed by atoms with Crippen molar-refractivity contribution in [1.82, 2.24) is 9.71 Å². The fraction of sp³-hybridized carbons (Fsp3) is 0.250. The minimum absolute atomic E-state index is 0.0287. The van der Waals surface area contributed by atoms with Crippen LogP contribution in [0.2, 0.25) is 0 Å². The van der Waals surface area contributed by atoms with E-state index in [0.29, 0.717) is 27.8 Å². The molecule has 4 rings (SSSR count). The number of nitrogens with zero attached hydrogens (tertiary/aromatic N) is 1. The molecule has 1 fully saturated rings. The lowest BCUT2D eigenvalue weighted by Gasteiger charge is -2.29. The van der Waals surface area contributed by atoms with E-state index in [1.807, 2.05) is 19.9 Å². The van der Waals surface area contributed by atoms with Gasteiger partial charge in [0.05, 0.1) is 24.1 Å². The lowest BCUT2D eigenvalue weighted by Crippen LogP contribution is -2.46. The van der Waals surface area contributed by atoms with Crippen molar-refractivity contribution in [3.8, 4) is 5.75 Å². The number of carbonyl (C=O) groups excluding carboxylic acids is 1. The zero-order valence-corrected chi connectivity index (χ0v) is 19.0. The first-order valence-electron chi connectivity index (χ1n) is 10.1. The molecular weight excluding hydrogens is 428 g/mol. The van der Waals surface area contributed by atoms with Crippen molar-refractivity contribution >= 4 is 26.8 Å². The number of pyridine rings is 1. The third kappa shape index (κ3) is 3.76. The van der Waals surface area contributed by atoms with E-state index >= 15 is 0 Å². The quantitative estimate of drug-likeness (QED) is 0.595. The number of hydrogen-bond acceptors (Lipinski definition) is 6. The molecule has 1 unspecified atom stereocenters. The minimum Gasteiger partial charge on any atom is -0.496 e. The molecule has 1 atom stereocenters. The third-order valence-corrected chi connectivity index (χ3v) is 6.92. The van der Waals surface area contributed by atoms with Crippen LogP contribution in [0.1, 0.15) is 23.2 Å². The van der Waals surface area contributed by atoms with Gasteiger partial charge < -0.3 is 9.47 Å². The van der Waals surface area contributed by atoms with Crippen LogP contribution < -0.4 is 9.46 Å². The van der Waals surface area contributed by atoms with Gasteiger partial charge in [-0.05, 0) is 55.8 Å². The molecule has 166 valence electrons. The van der Waals surface area contributed by atoms with E-state index in [9.17, 15) is 13.2 Å². The second-order valence-electron chi connectivity index (χ2n) is 7.96. The largest absolute Gasteiger partial charge is 0.496 e. The molecule has 1 saturated heterocycles. The van der Waals surface area contributed by atoms with Gasteiger partial charge in [-0.3, -0.25) is 9.78 Å². The summed E-state index contributed by atoms with van der Waals surface area (Å²) in [4.78, 5) is 17.9. The summed E-state index contributed by atoms with van der Waals surface area (Å²) >= 11 is 0. The van der Waals surface area contributed by atoms with Gasteiger partial charge in [-0.2, -0.15) is 0 Å². The second kappa shape index (κ2) is 8.03. The van der Waals surface area contributed by atoms with Crippen molar-refractivity contribution < 1.29 is 22.7 Å². The number of ether oxygens (including phenoxy) is 2. The summed E-state index contributed by atoms with van der Waals surface area (Å²) in [6.45, 7) is 7.78. The maximum atomic E-state index is 13.5. The number of amides is 1. The number of benzene rings is 2. The molecular formula is C24H24N2O5S. The number of fused-ring (bicyclic) bond motifs is 1. The zero-order chi connectivity index (χ0) is 23.1. The average Bonchev–Trinajstić information content (AvgIpc) is 3.15. The van der Waals surface area contributed by atoms with Gasteiger partial charge in [0.25, 0.3) is 15.9 Å². The summed E-state index contributed by atoms with van der Waals surface area (Å²) in [6.07, 6.45) is 0.143. The van der Waals surface area contributed by atoms with Crippen LogP contribution in [0.4, 0.5) is 0 Å². The summed E-state index contributed by atoms with van der Waals surface area (Å²) < 4.78 is 40.2. The molecule has 1 aliphatic rings. The summed E-state index contributed by atoms with van der Waals surface area (Å²) in [5.74, 6) is -0.361. The topological polar surface area (TPSA) is 94.6 Å². The van der Waals surface area contributed by atoms with Crippen LogP contribution in [0.3, 0.4) is 0 Å². The Labute approximate surface area is 187 Å². The Balaban J connectivity index is 1.79. The van der Waals surface area contributed by atoms with Gasteiger partial charge in [0, 0.05) is 23.1 Å². The Hall–Kier alpha value is -3.23. The van der Waals surface area contributed by atoms with Crippen LogP contribution in [0.5, 0.6) is 5.75 Å². The summed E-state index contributed by atoms with van der Waals surface area (Å²) in [5, 5.41) is 0.428. The molecule has 1 N–H and O–H groups in total. The highest BCUT2D eigenvalue weighted by atomic mass is 32.2. The molecule has 0 bridgehead atoms. The van der Waals surface area contributed by atoms with E-state index in [2.05, 4.69) is 16.3 Å². The first kappa shape index (κ1) is 22.0. The van der Waals surface area contributed by atoms with Crippen molar-refractivity contribution in [2.75, 3.05) is 13.7 Å². The van der Waals surface area contributed by atoms with Crippen LogP contribution >= 0.6 is 0 Å². The minimum atomic E-state index is -4.22. The van der Waals surface area contributed by atoms with E-state index in [-0.39, 0.29) is 17.9 Å². The molecule has 32 heavy (non-hydrogen) atoms. The Morgan fingerprint density at radius 3 is 2.66 bits per heavy atom. The van der Waals surface area contributed by atoms with Gasteiger partial charge >= 0.3 is 0 Å². The van der Waals surface area contributed by atoms with E-state index in [4.69, 9.17) is 9.47 Å². The first-order valence-corrected chi connectivity index (χ1v) is 11.5. The van der Waals surface area contributed by atoms with Crippen molar-refractivity contribution in [3.05, 3.63) is 77.5 Å². The highest BCUT2D eigenvalue weighted by Crippen LogP contribution is 2.43. The summed E-state index contributed by atoms with van der Waals surface area (Å²) in [5.41, 5.74) is 1.75. The Bertz CT molecular complexity index is 1350. The number of rotatable bonds is 5. The average molecular weight is 453 g/mol. The van der Waals surface area contributed by atoms with Gasteiger partial charge in [0.1, 0.15) is 5.75 Å². The van der Waals surface area contributed by atoms with Gasteiger partial charge in [0.15, 0.2) is 5.60 Å². The van der Waals surface area contributed by atoms with Crippen LogP contribution in [0, 0.1) is 13.8 Å². The SMILES string of the molecule is C=C1COC(C(=O)NS(=O)(=O)c2cccc3nc(C)ccc23)(c2cc(C)ccc2OC)C1. The van der Waals surface area contributed by atoms with E-state index in [1.54, 1.807) is 36.4 Å². The zero-order valence-electron chi connectivity index (χ0n) is 18.1. The van der Waals surface area contributed by atoms with Crippen molar-refractivity contribution in [2.45, 2.75) is 30.8 Å². The number of nitrogens with one attached hydrogen (secondary N) is 1. The molecule has 1 aliphatic heterocycles. The standard InChI is InChI=1S/C24H24N2O5S/c1-15-8-11-21(30-4)19(12-15)24(13-16(2)14-31-24)23(27)26-32(28,29)22-7-5-6-20-18(22)10-9-17(3)25-20/h5-12H,2,13-14H2,1,3-4H3,(H,26,27). The second-order valence-corrected chi connectivity index (χ2v) is 9.61. The molecule has 1 amide bonds. The van der Waals surface area contributed by atoms with Crippen LogP contribution in [0.15, 0.2) is 65.6 Å². The Morgan fingerprint density at radius 2 is 1.97 bits per heavy atom. The smallest absolute Gasteiger partial charge is 0.271 e. The van der Waals surface area contributed by atoms with Gasteiger partial charge in [-0.15, -0.1) is 0 Å². The highest BCUT2D eigenvalue weighted by Gasteiger charge is 2.49. The highest BCUT2D eigenvalue weighted by molar-refractivity contribution is 7.90. The molecule has 0 spiro atoms. The molecule has 2 heterocycles. The number of aryl methyl sites for hydroxylation is 2. The molecule has 8 heteroatoms. The van der Waals surface area contributed by atoms with E-state index in [0.717, 1.165) is 11.3 Å². The molecule has 3 aromatic rings. The van der Waals surface area contributed by atoms with Crippen molar-refractivity contribution in [3.63, 3.8) is 0 Å². The molecule has 0 saturated carbocycles. The molecule has 1 aromatic heterocycles. The summed E-state index contributed by atoms with van der Waals surface area (Å²) in [6, 6.07) is 13.5. The number of sulfonamides is 1. The predicted octanol–water partition coefficient (Wildman–Crippen LogP) is 3.54. The Morgan fingerprint density at radius 1 is 1.19 bits per heavy atom. The van der Waals surface area contributed by atoms with Crippen LogP contribution in [-0.2, 0) is 25.2 Å². The number of carbonyl (C=O) groups is 1. The normalized spacial score (nSPS) is 18.7. The molecule has 7 nitrogen and oxygen atoms in total. The van der Waals surface area contributed by atoms with Crippen molar-refractivity contribution in [2.24, 2.45) is 0 Å². The molecule has 0 radical (unpaired) electrons. The summed E-state index contributed by atoms with van der Waals surface area (Å²) in [7, 11) is -2.73. The lowest BCUT2D eigenvalue weighted by atomic mass is 9.87. The van der Waals surface area contributed by atoms with E-state index < -0.39 is 21.5 Å². The monoisotopic (exact) mass is 452 g/mol. The lowest BCUT2D eigenvalue weighted by molar-refractivity contribution is -0.140. The Kier molecular flexibility index (Phi) is 5.52. The number of methoxy groups -OCH3 is 1.